The van der Waals surface area contributed by atoms with E-state index in [0.717, 1.165) is 39.2 Å². The Morgan fingerprint density at radius 1 is 0.806 bits per heavy atom. The third kappa shape index (κ3) is 6.09. The van der Waals surface area contributed by atoms with Crippen LogP contribution < -0.4 is 9.96 Å². The average molecular weight is 477 g/mol. The third-order valence-corrected chi connectivity index (χ3v) is 15.3. The standard InChI is InChI=1S/C23H40N2O3Si3/c1-16-12-19(4)23(20(5)13-16)25(29(6,7)8)31(26,27)28-30(9,10)15-21-14-17(2)11-18(3)22(21)24/h11-14,26-27H,15,24H2,1-10H3. The minimum Gasteiger partial charge on any atom is -0.399 e. The molecular weight excluding hydrogens is 437 g/mol. The molecule has 2 aromatic carbocycles. The van der Waals surface area contributed by atoms with Crippen LogP contribution in [0.25, 0.3) is 0 Å². The second-order valence-electron chi connectivity index (χ2n) is 10.5. The Morgan fingerprint density at radius 2 is 1.26 bits per heavy atom. The molecule has 0 saturated heterocycles. The summed E-state index contributed by atoms with van der Waals surface area (Å²) in [7, 11) is -8.92. The smallest absolute Gasteiger partial charge is 0.399 e. The van der Waals surface area contributed by atoms with Crippen molar-refractivity contribution in [1.29, 1.82) is 0 Å². The molecule has 0 unspecified atom stereocenters. The summed E-state index contributed by atoms with van der Waals surface area (Å²) >= 11 is 0. The van der Waals surface area contributed by atoms with E-state index < -0.39 is 25.5 Å². The topological polar surface area (TPSA) is 79.0 Å². The number of nitrogens with zero attached hydrogens (tertiary/aromatic N) is 1. The molecule has 0 atom stereocenters. The molecule has 0 aliphatic rings. The van der Waals surface area contributed by atoms with Crippen LogP contribution >= 0.6 is 0 Å². The maximum Gasteiger partial charge on any atom is 0.609 e. The van der Waals surface area contributed by atoms with Crippen LogP contribution in [0.15, 0.2) is 24.3 Å². The van der Waals surface area contributed by atoms with Crippen molar-refractivity contribution >= 4 is 36.9 Å². The Morgan fingerprint density at radius 3 is 1.74 bits per heavy atom. The first-order valence-corrected chi connectivity index (χ1v) is 19.1. The van der Waals surface area contributed by atoms with Gasteiger partial charge in [-0.25, -0.2) is 0 Å². The molecule has 4 N–H and O–H groups in total. The molecule has 0 aromatic heterocycles. The number of hydrogen-bond acceptors (Lipinski definition) is 5. The van der Waals surface area contributed by atoms with Crippen molar-refractivity contribution in [3.63, 3.8) is 0 Å². The second kappa shape index (κ2) is 8.84. The summed E-state index contributed by atoms with van der Waals surface area (Å²) < 4.78 is 8.21. The Labute approximate surface area is 191 Å². The third-order valence-electron chi connectivity index (χ3n) is 5.47. The number of aryl methyl sites for hydroxylation is 5. The van der Waals surface area contributed by atoms with Crippen molar-refractivity contribution < 1.29 is 13.7 Å². The first kappa shape index (κ1) is 25.8. The van der Waals surface area contributed by atoms with Gasteiger partial charge in [-0.3, -0.25) is 0 Å². The van der Waals surface area contributed by atoms with Gasteiger partial charge in [0.1, 0.15) is 8.24 Å². The summed E-state index contributed by atoms with van der Waals surface area (Å²) in [6, 6.07) is 8.98. The number of benzene rings is 2. The first-order valence-electron chi connectivity index (χ1n) is 10.8. The predicted molar refractivity (Wildman–Crippen MR) is 139 cm³/mol. The summed E-state index contributed by atoms with van der Waals surface area (Å²) in [6.45, 7) is 20.6. The average Bonchev–Trinajstić information content (AvgIpc) is 2.52. The van der Waals surface area contributed by atoms with Gasteiger partial charge < -0.3 is 23.7 Å². The van der Waals surface area contributed by atoms with E-state index in [2.05, 4.69) is 57.8 Å². The van der Waals surface area contributed by atoms with E-state index in [1.54, 1.807) is 0 Å². The van der Waals surface area contributed by atoms with Gasteiger partial charge >= 0.3 is 8.97 Å². The molecular formula is C23H40N2O3Si3. The highest BCUT2D eigenvalue weighted by molar-refractivity contribution is 6.95. The number of hydrogen-bond donors (Lipinski definition) is 3. The maximum atomic E-state index is 11.5. The Kier molecular flexibility index (Phi) is 7.36. The van der Waals surface area contributed by atoms with E-state index in [9.17, 15) is 9.59 Å². The van der Waals surface area contributed by atoms with Crippen LogP contribution in [0, 0.1) is 34.6 Å². The molecule has 172 valence electrons. The van der Waals surface area contributed by atoms with Gasteiger partial charge in [-0.05, 0) is 76.0 Å². The Bertz CT molecular complexity index is 946. The largest absolute Gasteiger partial charge is 0.609 e. The van der Waals surface area contributed by atoms with E-state index >= 15 is 0 Å². The van der Waals surface area contributed by atoms with E-state index in [4.69, 9.17) is 9.85 Å². The fourth-order valence-corrected chi connectivity index (χ4v) is 15.0. The van der Waals surface area contributed by atoms with Crippen LogP contribution in [0.5, 0.6) is 0 Å². The number of rotatable bonds is 7. The maximum absolute atomic E-state index is 11.5. The molecule has 0 spiro atoms. The summed E-state index contributed by atoms with van der Waals surface area (Å²) in [4.78, 5) is 23.0. The zero-order valence-corrected chi connectivity index (χ0v) is 23.8. The summed E-state index contributed by atoms with van der Waals surface area (Å²) in [6.07, 6.45) is 0. The fourth-order valence-electron chi connectivity index (χ4n) is 4.57. The summed E-state index contributed by atoms with van der Waals surface area (Å²) in [5.41, 5.74) is 14.5. The normalized spacial score (nSPS) is 12.9. The lowest BCUT2D eigenvalue weighted by Crippen LogP contribution is -2.70. The molecule has 5 nitrogen and oxygen atoms in total. The van der Waals surface area contributed by atoms with Crippen molar-refractivity contribution in [3.8, 4) is 0 Å². The molecule has 0 saturated carbocycles. The minimum atomic E-state index is -4.21. The molecule has 0 amide bonds. The van der Waals surface area contributed by atoms with Gasteiger partial charge in [-0.15, -0.1) is 0 Å². The van der Waals surface area contributed by atoms with E-state index in [0.29, 0.717) is 6.04 Å². The molecule has 0 aliphatic heterocycles. The van der Waals surface area contributed by atoms with Gasteiger partial charge in [0.2, 0.25) is 0 Å². The van der Waals surface area contributed by atoms with Gasteiger partial charge in [0.25, 0.3) is 0 Å². The zero-order chi connectivity index (χ0) is 23.9. The number of anilines is 2. The first-order chi connectivity index (χ1) is 13.9. The highest BCUT2D eigenvalue weighted by Crippen LogP contribution is 2.35. The fraction of sp³-hybridized carbons (Fsp3) is 0.478. The molecule has 8 heteroatoms. The molecule has 31 heavy (non-hydrogen) atoms. The lowest BCUT2D eigenvalue weighted by atomic mass is 10.1. The van der Waals surface area contributed by atoms with Crippen LogP contribution in [0.3, 0.4) is 0 Å². The van der Waals surface area contributed by atoms with E-state index in [-0.39, 0.29) is 0 Å². The second-order valence-corrected chi connectivity index (χ2v) is 22.0. The van der Waals surface area contributed by atoms with Crippen LogP contribution in [0.2, 0.25) is 32.7 Å². The van der Waals surface area contributed by atoms with E-state index in [1.165, 1.54) is 5.56 Å². The predicted octanol–water partition coefficient (Wildman–Crippen LogP) is 4.88. The lowest BCUT2D eigenvalue weighted by Gasteiger charge is -2.45. The monoisotopic (exact) mass is 476 g/mol. The van der Waals surface area contributed by atoms with Gasteiger partial charge in [0.15, 0.2) is 8.32 Å². The van der Waals surface area contributed by atoms with Gasteiger partial charge in [-0.2, -0.15) is 0 Å². The van der Waals surface area contributed by atoms with Crippen LogP contribution in [-0.4, -0.2) is 35.1 Å². The Balaban J connectivity index is 2.47. The Hall–Kier alpha value is -1.43. The lowest BCUT2D eigenvalue weighted by molar-refractivity contribution is 0.237. The molecule has 0 fully saturated rings. The van der Waals surface area contributed by atoms with Crippen LogP contribution in [0.1, 0.15) is 33.4 Å². The molecule has 2 rings (SSSR count). The van der Waals surface area contributed by atoms with Gasteiger partial charge in [-0.1, -0.05) is 55.0 Å². The van der Waals surface area contributed by atoms with Crippen LogP contribution in [-0.2, 0) is 10.2 Å². The minimum absolute atomic E-state index is 0.628. The number of nitrogen functional groups attached to an aromatic ring is 1. The SMILES string of the molecule is Cc1cc(C)c(N([Si](C)(C)C)[Si](O)(O)O[Si](C)(C)Cc2cc(C)cc(C)c2N)c(C)c1. The summed E-state index contributed by atoms with van der Waals surface area (Å²) in [5.74, 6) is 0. The van der Waals surface area contributed by atoms with Crippen LogP contribution in [0.4, 0.5) is 11.4 Å². The van der Waals surface area contributed by atoms with Crippen molar-refractivity contribution in [2.24, 2.45) is 0 Å². The quantitative estimate of drug-likeness (QED) is 0.392. The molecule has 0 bridgehead atoms. The molecule has 0 heterocycles. The van der Waals surface area contributed by atoms with Crippen molar-refractivity contribution in [2.45, 2.75) is 73.4 Å². The van der Waals surface area contributed by atoms with Gasteiger partial charge in [0, 0.05) is 11.4 Å². The molecule has 2 aromatic rings. The summed E-state index contributed by atoms with van der Waals surface area (Å²) in [5, 5.41) is 0. The van der Waals surface area contributed by atoms with Gasteiger partial charge in [0.05, 0.1) is 0 Å². The highest BCUT2D eigenvalue weighted by Gasteiger charge is 2.52. The number of nitrogens with two attached hydrogens (primary N) is 1. The zero-order valence-electron chi connectivity index (χ0n) is 20.8. The van der Waals surface area contributed by atoms with Crippen molar-refractivity contribution in [1.82, 2.24) is 0 Å². The van der Waals surface area contributed by atoms with Crippen molar-refractivity contribution in [3.05, 3.63) is 57.6 Å². The molecule has 0 aliphatic carbocycles. The van der Waals surface area contributed by atoms with E-state index in [1.807, 2.05) is 38.1 Å². The molecule has 0 radical (unpaired) electrons. The van der Waals surface area contributed by atoms with Crippen molar-refractivity contribution in [2.75, 3.05) is 9.96 Å². The highest BCUT2D eigenvalue weighted by atomic mass is 28.5.